The lowest BCUT2D eigenvalue weighted by atomic mass is 9.90. The van der Waals surface area contributed by atoms with Crippen LogP contribution in [-0.2, 0) is 0 Å². The number of benzene rings is 1. The van der Waals surface area contributed by atoms with Crippen LogP contribution in [0.1, 0.15) is 24.8 Å². The Bertz CT molecular complexity index is 920. The lowest BCUT2D eigenvalue weighted by molar-refractivity contribution is -0.382. The highest BCUT2D eigenvalue weighted by atomic mass is 16.6. The first kappa shape index (κ1) is 16.5. The Morgan fingerprint density at radius 1 is 1.23 bits per heavy atom. The Morgan fingerprint density at radius 3 is 2.73 bits per heavy atom. The summed E-state index contributed by atoms with van der Waals surface area (Å²) in [5, 5.41) is 22.7. The molecule has 2 N–H and O–H groups in total. The van der Waals surface area contributed by atoms with Gasteiger partial charge in [-0.05, 0) is 43.0 Å². The molecule has 1 fully saturated rings. The highest BCUT2D eigenvalue weighted by Gasteiger charge is 2.31. The summed E-state index contributed by atoms with van der Waals surface area (Å²) in [6, 6.07) is 7.04. The number of nitro benzene ring substituents is 1. The monoisotopic (exact) mass is 353 g/mol. The molecule has 0 spiro atoms. The summed E-state index contributed by atoms with van der Waals surface area (Å²) in [6.07, 6.45) is 5.80. The van der Waals surface area contributed by atoms with E-state index in [1.165, 1.54) is 0 Å². The second-order valence-electron chi connectivity index (χ2n) is 6.50. The van der Waals surface area contributed by atoms with Gasteiger partial charge in [0.1, 0.15) is 17.6 Å². The number of hydrogen-bond acceptors (Lipinski definition) is 6. The molecule has 0 amide bonds. The molecule has 1 aliphatic heterocycles. The van der Waals surface area contributed by atoms with Crippen LogP contribution >= 0.6 is 0 Å². The zero-order valence-electron chi connectivity index (χ0n) is 14.1. The quantitative estimate of drug-likeness (QED) is 0.551. The second kappa shape index (κ2) is 6.72. The third-order valence-electron chi connectivity index (χ3n) is 5.04. The summed E-state index contributed by atoms with van der Waals surface area (Å²) in [7, 11) is 0. The predicted molar refractivity (Wildman–Crippen MR) is 96.9 cm³/mol. The summed E-state index contributed by atoms with van der Waals surface area (Å²) in [5.74, 6) is 0.657. The molecule has 2 aromatic heterocycles. The van der Waals surface area contributed by atoms with Gasteiger partial charge in [0, 0.05) is 31.7 Å². The second-order valence-corrected chi connectivity index (χ2v) is 6.50. The van der Waals surface area contributed by atoms with Gasteiger partial charge in [-0.25, -0.2) is 4.98 Å². The Morgan fingerprint density at radius 2 is 2.04 bits per heavy atom. The van der Waals surface area contributed by atoms with Crippen LogP contribution in [0.3, 0.4) is 0 Å². The van der Waals surface area contributed by atoms with Gasteiger partial charge in [0.15, 0.2) is 0 Å². The minimum atomic E-state index is -0.636. The Balaban J connectivity index is 1.58. The molecular weight excluding hydrogens is 334 g/mol. The normalized spacial score (nSPS) is 16.7. The van der Waals surface area contributed by atoms with Gasteiger partial charge in [0.2, 0.25) is 0 Å². The zero-order valence-corrected chi connectivity index (χ0v) is 14.1. The van der Waals surface area contributed by atoms with Crippen molar-refractivity contribution in [1.29, 1.82) is 0 Å². The first-order chi connectivity index (χ1) is 12.6. The number of aromatic nitrogens is 3. The number of rotatable bonds is 4. The average molecular weight is 353 g/mol. The van der Waals surface area contributed by atoms with E-state index in [9.17, 15) is 15.2 Å². The van der Waals surface area contributed by atoms with Gasteiger partial charge < -0.3 is 15.0 Å². The average Bonchev–Trinajstić information content (AvgIpc) is 3.21. The highest BCUT2D eigenvalue weighted by molar-refractivity contribution is 5.94. The summed E-state index contributed by atoms with van der Waals surface area (Å²) in [6.45, 7) is 1.30. The van der Waals surface area contributed by atoms with Crippen molar-refractivity contribution < 1.29 is 10.0 Å². The molecule has 26 heavy (non-hydrogen) atoms. The molecule has 3 heterocycles. The predicted octanol–water partition coefficient (Wildman–Crippen LogP) is 2.82. The number of H-pyrrole nitrogens is 1. The van der Waals surface area contributed by atoms with E-state index in [1.54, 1.807) is 36.8 Å². The van der Waals surface area contributed by atoms with Crippen molar-refractivity contribution in [3.8, 4) is 0 Å². The third-order valence-corrected chi connectivity index (χ3v) is 5.04. The van der Waals surface area contributed by atoms with Crippen LogP contribution in [0.15, 0.2) is 42.9 Å². The Hall–Kier alpha value is -3.00. The number of pyridine rings is 1. The van der Waals surface area contributed by atoms with Crippen LogP contribution in [-0.4, -0.2) is 38.1 Å². The molecule has 0 aliphatic carbocycles. The molecule has 8 heteroatoms. The third kappa shape index (κ3) is 2.88. The molecule has 1 atom stereocenters. The molecule has 0 bridgehead atoms. The number of nitrogens with one attached hydrogen (secondary N) is 1. The fraction of sp³-hybridized carbons (Fsp3) is 0.333. The van der Waals surface area contributed by atoms with Crippen molar-refractivity contribution in [3.63, 3.8) is 0 Å². The number of aliphatic hydroxyl groups excluding tert-OH is 1. The number of hydrogen-bond donors (Lipinski definition) is 2. The maximum Gasteiger partial charge on any atom is 0.301 e. The van der Waals surface area contributed by atoms with Gasteiger partial charge in [-0.3, -0.25) is 15.1 Å². The van der Waals surface area contributed by atoms with E-state index >= 15 is 0 Å². The zero-order chi connectivity index (χ0) is 18.1. The van der Waals surface area contributed by atoms with Crippen molar-refractivity contribution in [3.05, 3.63) is 58.8 Å². The van der Waals surface area contributed by atoms with E-state index in [1.807, 2.05) is 11.0 Å². The number of aliphatic hydroxyl groups is 1. The van der Waals surface area contributed by atoms with E-state index in [0.717, 1.165) is 12.8 Å². The molecule has 0 radical (unpaired) electrons. The molecule has 1 aromatic carbocycles. The number of piperidine rings is 1. The fourth-order valence-corrected chi connectivity index (χ4v) is 3.69. The lowest BCUT2D eigenvalue weighted by Gasteiger charge is -2.34. The molecule has 0 saturated carbocycles. The summed E-state index contributed by atoms with van der Waals surface area (Å²) < 4.78 is 0. The van der Waals surface area contributed by atoms with Crippen LogP contribution in [0.2, 0.25) is 0 Å². The number of nitro groups is 1. The van der Waals surface area contributed by atoms with Crippen molar-refractivity contribution in [2.24, 2.45) is 5.92 Å². The highest BCUT2D eigenvalue weighted by Crippen LogP contribution is 2.38. The molecular formula is C18H19N5O3. The summed E-state index contributed by atoms with van der Waals surface area (Å²) >= 11 is 0. The number of aromatic amines is 1. The van der Waals surface area contributed by atoms with E-state index in [-0.39, 0.29) is 16.5 Å². The van der Waals surface area contributed by atoms with Crippen LogP contribution in [0.5, 0.6) is 0 Å². The molecule has 134 valence electrons. The van der Waals surface area contributed by atoms with E-state index < -0.39 is 6.10 Å². The van der Waals surface area contributed by atoms with Crippen molar-refractivity contribution >= 4 is 22.3 Å². The van der Waals surface area contributed by atoms with Gasteiger partial charge in [-0.15, -0.1) is 0 Å². The van der Waals surface area contributed by atoms with Gasteiger partial charge >= 0.3 is 5.69 Å². The minimum Gasteiger partial charge on any atom is -0.385 e. The Labute approximate surface area is 149 Å². The maximum atomic E-state index is 11.7. The standard InChI is InChI=1S/C18H19N5O3/c24-17(18-20-8-9-21-18)12-5-10-22(11-6-12)15-4-3-14-13(2-1-7-19-14)16(15)23(25)26/h1-4,7-9,12,17,24H,5-6,10-11H2,(H,20,21). The molecule has 1 aliphatic rings. The molecule has 1 unspecified atom stereocenters. The molecule has 8 nitrogen and oxygen atoms in total. The van der Waals surface area contributed by atoms with Crippen LogP contribution in [0.4, 0.5) is 11.4 Å². The van der Waals surface area contributed by atoms with E-state index in [0.29, 0.717) is 35.5 Å². The van der Waals surface area contributed by atoms with Crippen molar-refractivity contribution in [1.82, 2.24) is 15.0 Å². The van der Waals surface area contributed by atoms with Gasteiger partial charge in [0.25, 0.3) is 0 Å². The summed E-state index contributed by atoms with van der Waals surface area (Å²) in [5.41, 5.74) is 1.33. The minimum absolute atomic E-state index is 0.0820. The lowest BCUT2D eigenvalue weighted by Crippen LogP contribution is -2.36. The largest absolute Gasteiger partial charge is 0.385 e. The number of fused-ring (bicyclic) bond motifs is 1. The molecule has 4 rings (SSSR count). The van der Waals surface area contributed by atoms with Crippen LogP contribution < -0.4 is 4.90 Å². The maximum absolute atomic E-state index is 11.7. The van der Waals surface area contributed by atoms with Gasteiger partial charge in [0.05, 0.1) is 15.8 Å². The van der Waals surface area contributed by atoms with E-state index in [4.69, 9.17) is 0 Å². The number of imidazole rings is 1. The van der Waals surface area contributed by atoms with Crippen molar-refractivity contribution in [2.45, 2.75) is 18.9 Å². The van der Waals surface area contributed by atoms with Gasteiger partial charge in [-0.1, -0.05) is 0 Å². The smallest absolute Gasteiger partial charge is 0.301 e. The molecule has 1 saturated heterocycles. The number of anilines is 1. The first-order valence-electron chi connectivity index (χ1n) is 8.59. The van der Waals surface area contributed by atoms with Crippen LogP contribution in [0.25, 0.3) is 10.9 Å². The van der Waals surface area contributed by atoms with Gasteiger partial charge in [-0.2, -0.15) is 0 Å². The van der Waals surface area contributed by atoms with E-state index in [2.05, 4.69) is 15.0 Å². The molecule has 3 aromatic rings. The van der Waals surface area contributed by atoms with Crippen LogP contribution in [0, 0.1) is 16.0 Å². The topological polar surface area (TPSA) is 108 Å². The Kier molecular flexibility index (Phi) is 4.26. The SMILES string of the molecule is O=[N+]([O-])c1c(N2CCC(C(O)c3ncc[nH]3)CC2)ccc2ncccc12. The summed E-state index contributed by atoms with van der Waals surface area (Å²) in [4.78, 5) is 24.7. The first-order valence-corrected chi connectivity index (χ1v) is 8.59. The fourth-order valence-electron chi connectivity index (χ4n) is 3.69. The van der Waals surface area contributed by atoms with Crippen molar-refractivity contribution in [2.75, 3.05) is 18.0 Å². The number of nitrogens with zero attached hydrogens (tertiary/aromatic N) is 4.